The molecular formula is C132H226. The number of rotatable bonds is 0. The van der Waals surface area contributed by atoms with Crippen molar-refractivity contribution < 1.29 is 0 Å². The van der Waals surface area contributed by atoms with Crippen LogP contribution in [0.2, 0.25) is 0 Å². The molecule has 0 aliphatic heterocycles. The lowest BCUT2D eigenvalue weighted by Gasteiger charge is -2.51. The standard InChI is InChI=1S/C17H28.2C14H24.C13H22.C11H18.C11H20.C10H18.C9H16.C8H14.2C7H12.C6H10.C5H8/c1-2-6-14-12(4-1)8-10-17-15-7-3-5-13(15)9-11-16(14)17;1-3-7-13-11(5-1)9-10-12-6-2-4-8-14(12)13;1-2-6-12-10-14-8-4-3-7-13(14)9-11(12)5-1;1-4-10-6-2-8-12-9-3-7-11(5-1)13(10)12;1-3-8-4-2-6-10(8)11-7-9(11)5-1;1-2-6-10-8-4-5-9-11(10)7-3-1;1-2-6-10-8-4-3-7-9(10)5-1;1-2-5-9-7-3-6-8(9)4-1;1-3-7-5-2-6-8(7)4-1;1-2-6-4-5-7(6)3-1;1-2-4-7-5-6(7)3-1;1-2-5-4-6(5)3-1;1-2-5-3-4(1)5/h12-17H,1-11H2;2*11-14H,1-10H2;10-13H,1-9H2;8-11H,1-7H2;10-11H,1-9H2;9-10H,1-8H2;8-9H,1-7H2;7-8H,1-6H2;2*6-7H,1-5H2;5-6H,1-4H2;4-5H,1-3H2. The molecule has 754 valence electrons. The van der Waals surface area contributed by atoms with Crippen molar-refractivity contribution in [3.8, 4) is 0 Å². The first kappa shape index (κ1) is 99.3. The Morgan fingerprint density at radius 1 is 0.0606 bits per heavy atom. The molecule has 0 spiro atoms. The quantitative estimate of drug-likeness (QED) is 0.227. The largest absolute Gasteiger partial charge is 0.0533 e. The van der Waals surface area contributed by atoms with Gasteiger partial charge in [-0.3, -0.25) is 0 Å². The van der Waals surface area contributed by atoms with E-state index in [4.69, 9.17) is 0 Å². The first-order valence-corrected chi connectivity index (χ1v) is 65.4. The molecule has 30 atom stereocenters. The lowest BCUT2D eigenvalue weighted by atomic mass is 9.54. The van der Waals surface area contributed by atoms with Crippen LogP contribution in [-0.4, -0.2) is 0 Å². The highest BCUT2D eigenvalue weighted by molar-refractivity contribution is 5.03. The molecule has 0 aromatic rings. The van der Waals surface area contributed by atoms with Gasteiger partial charge in [-0.05, 0) is 360 Å². The van der Waals surface area contributed by atoms with Crippen molar-refractivity contribution >= 4 is 0 Å². The summed E-state index contributed by atoms with van der Waals surface area (Å²) in [6.07, 6.45) is 147. The Bertz CT molecular complexity index is 2980. The molecule has 132 heavy (non-hydrogen) atoms. The summed E-state index contributed by atoms with van der Waals surface area (Å²) in [7, 11) is 0. The van der Waals surface area contributed by atoms with Crippen LogP contribution in [0.15, 0.2) is 0 Å². The van der Waals surface area contributed by atoms with Crippen LogP contribution in [0.5, 0.6) is 0 Å². The van der Waals surface area contributed by atoms with E-state index in [0.717, 1.165) is 88.8 Å². The Hall–Kier alpha value is 0. The van der Waals surface area contributed by atoms with E-state index in [1.807, 2.05) is 0 Å². The molecule has 0 bridgehead atoms. The summed E-state index contributed by atoms with van der Waals surface area (Å²) in [4.78, 5) is 0. The summed E-state index contributed by atoms with van der Waals surface area (Å²) in [5.41, 5.74) is 0. The van der Waals surface area contributed by atoms with Crippen LogP contribution in [0.4, 0.5) is 0 Å². The lowest BCUT2D eigenvalue weighted by molar-refractivity contribution is -0.0184. The molecule has 0 aromatic heterocycles. The summed E-state index contributed by atoms with van der Waals surface area (Å²) in [5.74, 6) is 44.7. The average Bonchev–Trinajstić information content (AvgIpc) is 1.56. The van der Waals surface area contributed by atoms with E-state index in [2.05, 4.69) is 0 Å². The molecule has 0 nitrogen and oxygen atoms in total. The smallest absolute Gasteiger partial charge is 0.0329 e. The summed E-state index contributed by atoms with van der Waals surface area (Å²) < 4.78 is 0. The zero-order chi connectivity index (χ0) is 88.4. The zero-order valence-electron chi connectivity index (χ0n) is 88.4. The SMILES string of the molecule is C1CC2CC12.C1CC2CC2C1.C1CC2CCC2C1.C1CC2CCCC2C1.C1CC2CCCC2C2CC2C1.C1CC2CCCC3CCCC(C1)C23.C1CCC2C(C1)CCC1C3CCCC3CCC21.C1CCC2C(C1)CCC1CCCCC12.C1CCC2CC2C1.C1CCC2CC3CCCCC3CC2C1.C1CCC2CCCC2C1.C1CCC2CCCCC2C1.C1CCC2CCCCC2CC1. The van der Waals surface area contributed by atoms with Gasteiger partial charge >= 0.3 is 0 Å². The zero-order valence-corrected chi connectivity index (χ0v) is 88.4. The van der Waals surface area contributed by atoms with Gasteiger partial charge in [0.15, 0.2) is 0 Å². The van der Waals surface area contributed by atoms with E-state index in [-0.39, 0.29) is 0 Å². The Morgan fingerprint density at radius 3 is 0.455 bits per heavy atom. The molecule has 30 unspecified atom stereocenters. The van der Waals surface area contributed by atoms with E-state index in [9.17, 15) is 0 Å². The average molecular weight is 1810 g/mol. The lowest BCUT2D eigenvalue weighted by Crippen LogP contribution is -2.43. The van der Waals surface area contributed by atoms with Crippen LogP contribution >= 0.6 is 0 Å². The second-order valence-electron chi connectivity index (χ2n) is 57.0. The molecule has 0 amide bonds. The monoisotopic (exact) mass is 1810 g/mol. The summed E-state index contributed by atoms with van der Waals surface area (Å²) in [5, 5.41) is 0. The second-order valence-corrected chi connectivity index (χ2v) is 57.0. The van der Waals surface area contributed by atoms with Gasteiger partial charge in [-0.15, -0.1) is 0 Å². The van der Waals surface area contributed by atoms with Gasteiger partial charge in [-0.25, -0.2) is 0 Å². The maximum atomic E-state index is 1.62. The second kappa shape index (κ2) is 51.2. The van der Waals surface area contributed by atoms with Crippen molar-refractivity contribution in [2.24, 2.45) is 225 Å². The maximum absolute atomic E-state index is 1.62. The summed E-state index contributed by atoms with van der Waals surface area (Å²) in [6.45, 7) is 0. The first-order valence-electron chi connectivity index (χ1n) is 65.4. The molecule has 0 heterocycles. The number of fused-ring (bicyclic) bond motifs is 21. The Labute approximate surface area is 822 Å². The van der Waals surface area contributed by atoms with Crippen LogP contribution in [0.1, 0.15) is 604 Å². The third-order valence-electron chi connectivity index (χ3n) is 50.0. The van der Waals surface area contributed by atoms with E-state index < -0.39 is 0 Å². The van der Waals surface area contributed by atoms with Crippen molar-refractivity contribution in [2.75, 3.05) is 0 Å². The predicted octanol–water partition coefficient (Wildman–Crippen LogP) is 41.3. The minimum absolute atomic E-state index is 1.14. The van der Waals surface area contributed by atoms with E-state index in [0.29, 0.717) is 0 Å². The van der Waals surface area contributed by atoms with Gasteiger partial charge in [0.2, 0.25) is 0 Å². The minimum Gasteiger partial charge on any atom is -0.0533 e. The van der Waals surface area contributed by atoms with Gasteiger partial charge in [0.1, 0.15) is 0 Å². The molecule has 0 N–H and O–H groups in total. The third kappa shape index (κ3) is 27.4. The molecule has 32 rings (SSSR count). The van der Waals surface area contributed by atoms with Gasteiger partial charge in [-0.2, -0.15) is 0 Å². The van der Waals surface area contributed by atoms with Crippen LogP contribution in [0.25, 0.3) is 0 Å². The number of hydrogen-bond acceptors (Lipinski definition) is 0. The molecule has 0 saturated heterocycles. The molecule has 0 aromatic carbocycles. The van der Waals surface area contributed by atoms with Gasteiger partial charge in [0.25, 0.3) is 0 Å². The Morgan fingerprint density at radius 2 is 0.197 bits per heavy atom. The van der Waals surface area contributed by atoms with Gasteiger partial charge in [-0.1, -0.05) is 469 Å². The van der Waals surface area contributed by atoms with Gasteiger partial charge in [0, 0.05) is 0 Å². The van der Waals surface area contributed by atoms with Gasteiger partial charge < -0.3 is 0 Å². The third-order valence-corrected chi connectivity index (χ3v) is 50.0. The van der Waals surface area contributed by atoms with Crippen molar-refractivity contribution in [1.29, 1.82) is 0 Å². The van der Waals surface area contributed by atoms with Crippen molar-refractivity contribution in [1.82, 2.24) is 0 Å². The molecule has 0 heteroatoms. The molecule has 32 saturated carbocycles. The Kier molecular flexibility index (Phi) is 38.5. The van der Waals surface area contributed by atoms with Crippen molar-refractivity contribution in [3.05, 3.63) is 0 Å². The van der Waals surface area contributed by atoms with Crippen LogP contribution < -0.4 is 0 Å². The van der Waals surface area contributed by atoms with Crippen LogP contribution in [0.3, 0.4) is 0 Å². The fourth-order valence-corrected chi connectivity index (χ4v) is 42.0. The number of hydrogen-bond donors (Lipinski definition) is 0. The molecule has 0 radical (unpaired) electrons. The molecule has 32 aliphatic carbocycles. The van der Waals surface area contributed by atoms with E-state index in [1.165, 1.54) is 252 Å². The van der Waals surface area contributed by atoms with Gasteiger partial charge in [0.05, 0.1) is 0 Å². The highest BCUT2D eigenvalue weighted by Gasteiger charge is 2.52. The minimum atomic E-state index is 1.14. The fourth-order valence-electron chi connectivity index (χ4n) is 42.0. The predicted molar refractivity (Wildman–Crippen MR) is 567 cm³/mol. The van der Waals surface area contributed by atoms with E-state index in [1.54, 1.807) is 488 Å². The summed E-state index contributed by atoms with van der Waals surface area (Å²) >= 11 is 0. The maximum Gasteiger partial charge on any atom is -0.0329 e. The Balaban J connectivity index is 0.0000000901. The van der Waals surface area contributed by atoms with E-state index >= 15 is 0 Å². The molecular weight excluding hydrogens is 1590 g/mol. The highest BCUT2D eigenvalue weighted by Crippen LogP contribution is 2.63. The molecule has 32 aliphatic rings. The first-order chi connectivity index (χ1) is 65.4. The fraction of sp³-hybridized carbons (Fsp3) is 1.00. The normalized spacial score (nSPS) is 48.2. The van der Waals surface area contributed by atoms with Crippen molar-refractivity contribution in [2.45, 2.75) is 604 Å². The molecule has 32 fully saturated rings. The van der Waals surface area contributed by atoms with Crippen LogP contribution in [0, 0.1) is 225 Å². The van der Waals surface area contributed by atoms with Crippen LogP contribution in [-0.2, 0) is 0 Å². The highest BCUT2D eigenvalue weighted by atomic mass is 14.6. The topological polar surface area (TPSA) is 0 Å². The summed E-state index contributed by atoms with van der Waals surface area (Å²) in [6, 6.07) is 0. The van der Waals surface area contributed by atoms with Crippen molar-refractivity contribution in [3.63, 3.8) is 0 Å².